The van der Waals surface area contributed by atoms with Crippen molar-refractivity contribution < 1.29 is 46.5 Å². The largest absolute Gasteiger partial charge is 0.457 e. The van der Waals surface area contributed by atoms with Crippen molar-refractivity contribution in [1.82, 2.24) is 0 Å². The zero-order valence-electron chi connectivity index (χ0n) is 34.0. The van der Waals surface area contributed by atoms with Gasteiger partial charge in [-0.1, -0.05) is 100 Å². The van der Waals surface area contributed by atoms with Crippen LogP contribution in [0.2, 0.25) is 0 Å². The summed E-state index contributed by atoms with van der Waals surface area (Å²) in [5, 5.41) is 8.23. The lowest BCUT2D eigenvalue weighted by Gasteiger charge is -2.26. The number of hydrogen-bond acceptors (Lipinski definition) is 8. The highest BCUT2D eigenvalue weighted by Gasteiger charge is 2.62. The zero-order valence-corrected chi connectivity index (χ0v) is 34.8. The molecule has 0 radical (unpaired) electrons. The van der Waals surface area contributed by atoms with E-state index in [4.69, 9.17) is 30.5 Å². The maximum absolute atomic E-state index is 12.9. The molecule has 0 bridgehead atoms. The second-order valence-electron chi connectivity index (χ2n) is 17.1. The highest BCUT2D eigenvalue weighted by molar-refractivity contribution is 6.30. The minimum absolute atomic E-state index is 0.181. The molecule has 1 heterocycles. The molecule has 1 spiro atoms. The normalized spacial score (nSPS) is 20.1. The third kappa shape index (κ3) is 10.1. The molecule has 3 aromatic carbocycles. The van der Waals surface area contributed by atoms with Crippen LogP contribution in [0.25, 0.3) is 5.57 Å². The van der Waals surface area contributed by atoms with Gasteiger partial charge in [0.15, 0.2) is 11.4 Å². The Kier molecular flexibility index (Phi) is 12.9. The number of alkyl halides is 3. The van der Waals surface area contributed by atoms with Crippen LogP contribution in [-0.2, 0) is 28.6 Å². The van der Waals surface area contributed by atoms with Crippen molar-refractivity contribution in [3.05, 3.63) is 111 Å². The number of allylic oxidation sites excluding steroid dienone is 2. The van der Waals surface area contributed by atoms with E-state index >= 15 is 0 Å². The molecule has 2 fully saturated rings. The maximum atomic E-state index is 12.9. The fourth-order valence-corrected chi connectivity index (χ4v) is 7.94. The van der Waals surface area contributed by atoms with Crippen molar-refractivity contribution in [2.24, 2.45) is 22.7 Å². The molecule has 0 aromatic heterocycles. The van der Waals surface area contributed by atoms with Crippen molar-refractivity contribution in [2.45, 2.75) is 105 Å². The Balaban J connectivity index is 0.000000223. The first kappa shape index (κ1) is 44.0. The standard InChI is InChI=1S/C23H19ClF3NO3.C23H30O4/c1-22(2)17(12-19(24)23(25,26)27)20(22)21(29)31-18(13-28)14-7-6-10-16(11-14)30-15-8-4-3-5-9-15;1-14-11-15(2)18(16(3)12-14)19-20(26-17(24)13-22(4,5)6)23(27-21(19)25)9-7-8-10-23/h3-12,17-18,20H,1-2H3;11-12H,7-10,13H2,1-6H3/b19-12-;/t17-,18+,20-;/m0./s1. The predicted molar refractivity (Wildman–Crippen MR) is 213 cm³/mol. The number of ether oxygens (including phenoxy) is 4. The van der Waals surface area contributed by atoms with Crippen molar-refractivity contribution in [3.63, 3.8) is 0 Å². The Morgan fingerprint density at radius 3 is 2.14 bits per heavy atom. The summed E-state index contributed by atoms with van der Waals surface area (Å²) < 4.78 is 61.0. The smallest absolute Gasteiger partial charge is 0.426 e. The van der Waals surface area contributed by atoms with Crippen LogP contribution >= 0.6 is 11.6 Å². The first-order valence-electron chi connectivity index (χ1n) is 19.2. The monoisotopic (exact) mass is 819 g/mol. The summed E-state index contributed by atoms with van der Waals surface area (Å²) in [7, 11) is 0. The number of esters is 3. The van der Waals surface area contributed by atoms with E-state index in [1.54, 1.807) is 50.2 Å². The molecule has 0 unspecified atom stereocenters. The van der Waals surface area contributed by atoms with E-state index in [9.17, 15) is 32.8 Å². The van der Waals surface area contributed by atoms with Gasteiger partial charge in [-0.2, -0.15) is 18.4 Å². The van der Waals surface area contributed by atoms with Crippen LogP contribution in [0, 0.1) is 54.8 Å². The molecular formula is C46H49ClF3NO7. The third-order valence-electron chi connectivity index (χ3n) is 10.6. The molecule has 6 rings (SSSR count). The number of aryl methyl sites for hydroxylation is 3. The van der Waals surface area contributed by atoms with Crippen molar-refractivity contribution in [1.29, 1.82) is 5.26 Å². The van der Waals surface area contributed by atoms with E-state index < -0.39 is 46.1 Å². The average Bonchev–Trinajstić information content (AvgIpc) is 3.36. The zero-order chi connectivity index (χ0) is 42.8. The SMILES string of the molecule is CC1(C)[C@H](C(=O)O[C@H](C#N)c2cccc(Oc3ccccc3)c2)[C@@H]1/C=C(\Cl)C(F)(F)F.Cc1cc(C)c(C2=C(OC(=O)CC(C)(C)C)C3(CCCC3)OC2=O)c(C)c1. The van der Waals surface area contributed by atoms with Crippen molar-refractivity contribution >= 4 is 35.1 Å². The van der Waals surface area contributed by atoms with Gasteiger partial charge in [0.2, 0.25) is 6.10 Å². The first-order chi connectivity index (χ1) is 27.1. The molecule has 0 N–H and O–H groups in total. The van der Waals surface area contributed by atoms with E-state index in [-0.39, 0.29) is 17.4 Å². The predicted octanol–water partition coefficient (Wildman–Crippen LogP) is 11.7. The summed E-state index contributed by atoms with van der Waals surface area (Å²) in [6.45, 7) is 15.3. The highest BCUT2D eigenvalue weighted by Crippen LogP contribution is 2.61. The Morgan fingerprint density at radius 1 is 0.966 bits per heavy atom. The van der Waals surface area contributed by atoms with E-state index in [0.29, 0.717) is 47.7 Å². The van der Waals surface area contributed by atoms with Gasteiger partial charge < -0.3 is 18.9 Å². The number of hydrogen-bond donors (Lipinski definition) is 0. The molecule has 3 aromatic rings. The summed E-state index contributed by atoms with van der Waals surface area (Å²) >= 11 is 5.32. The molecule has 58 heavy (non-hydrogen) atoms. The van der Waals surface area contributed by atoms with Crippen LogP contribution in [0.5, 0.6) is 11.5 Å². The first-order valence-corrected chi connectivity index (χ1v) is 19.6. The summed E-state index contributed by atoms with van der Waals surface area (Å²) in [5.41, 5.74) is 3.09. The molecule has 308 valence electrons. The average molecular weight is 820 g/mol. The fraction of sp³-hybridized carbons (Fsp3) is 0.435. The minimum Gasteiger partial charge on any atom is -0.457 e. The Bertz CT molecular complexity index is 2130. The lowest BCUT2D eigenvalue weighted by Crippen LogP contribution is -2.31. The number of nitrogens with zero attached hydrogens (tertiary/aromatic N) is 1. The Labute approximate surface area is 343 Å². The van der Waals surface area contributed by atoms with E-state index in [1.165, 1.54) is 0 Å². The molecule has 12 heteroatoms. The Morgan fingerprint density at radius 2 is 1.57 bits per heavy atom. The van der Waals surface area contributed by atoms with E-state index in [1.807, 2.05) is 65.8 Å². The molecule has 2 aliphatic carbocycles. The Hall–Kier alpha value is -5.08. The highest BCUT2D eigenvalue weighted by atomic mass is 35.5. The van der Waals surface area contributed by atoms with Crippen LogP contribution in [-0.4, -0.2) is 29.7 Å². The molecule has 1 aliphatic heterocycles. The summed E-state index contributed by atoms with van der Waals surface area (Å²) in [6, 6.07) is 21.5. The van der Waals surface area contributed by atoms with Crippen molar-refractivity contribution in [3.8, 4) is 17.6 Å². The maximum Gasteiger partial charge on any atom is 0.426 e. The van der Waals surface area contributed by atoms with Crippen LogP contribution in [0.3, 0.4) is 0 Å². The minimum atomic E-state index is -4.68. The van der Waals surface area contributed by atoms with Crippen molar-refractivity contribution in [2.75, 3.05) is 0 Å². The lowest BCUT2D eigenvalue weighted by atomic mass is 9.89. The number of carbonyl (C=O) groups is 3. The van der Waals surface area contributed by atoms with Gasteiger partial charge in [-0.15, -0.1) is 0 Å². The third-order valence-corrected chi connectivity index (χ3v) is 11.0. The van der Waals surface area contributed by atoms with Gasteiger partial charge >= 0.3 is 24.1 Å². The lowest BCUT2D eigenvalue weighted by molar-refractivity contribution is -0.153. The number of halogens is 4. The number of rotatable bonds is 9. The summed E-state index contributed by atoms with van der Waals surface area (Å²) in [4.78, 5) is 38.2. The van der Waals surface area contributed by atoms with Gasteiger partial charge in [-0.05, 0) is 104 Å². The van der Waals surface area contributed by atoms with Gasteiger partial charge in [-0.3, -0.25) is 9.59 Å². The molecule has 3 atom stereocenters. The van der Waals surface area contributed by atoms with Crippen LogP contribution in [0.4, 0.5) is 13.2 Å². The summed E-state index contributed by atoms with van der Waals surface area (Å²) in [6.07, 6.45) is -1.42. The molecule has 2 saturated carbocycles. The topological polar surface area (TPSA) is 112 Å². The van der Waals surface area contributed by atoms with Gasteiger partial charge in [0.1, 0.15) is 28.2 Å². The van der Waals surface area contributed by atoms with Gasteiger partial charge in [-0.25, -0.2) is 4.79 Å². The quantitative estimate of drug-likeness (QED) is 0.155. The molecular weight excluding hydrogens is 771 g/mol. The number of nitriles is 1. The van der Waals surface area contributed by atoms with Gasteiger partial charge in [0.25, 0.3) is 0 Å². The van der Waals surface area contributed by atoms with Gasteiger partial charge in [0, 0.05) is 5.56 Å². The number of benzene rings is 3. The van der Waals surface area contributed by atoms with E-state index in [0.717, 1.165) is 41.2 Å². The molecule has 3 aliphatic rings. The molecule has 8 nitrogen and oxygen atoms in total. The summed E-state index contributed by atoms with van der Waals surface area (Å²) in [5.74, 6) is -1.50. The van der Waals surface area contributed by atoms with Gasteiger partial charge in [0.05, 0.1) is 12.3 Å². The van der Waals surface area contributed by atoms with Crippen LogP contribution in [0.1, 0.15) is 101 Å². The van der Waals surface area contributed by atoms with Crippen LogP contribution in [0.15, 0.2) is 83.6 Å². The van der Waals surface area contributed by atoms with Crippen LogP contribution < -0.4 is 4.74 Å². The molecule has 0 saturated heterocycles. The van der Waals surface area contributed by atoms with E-state index in [2.05, 4.69) is 12.1 Å². The number of para-hydroxylation sites is 1. The second-order valence-corrected chi connectivity index (χ2v) is 17.5. The molecule has 0 amide bonds. The fourth-order valence-electron chi connectivity index (χ4n) is 7.80. The second kappa shape index (κ2) is 17.0. The number of carbonyl (C=O) groups excluding carboxylic acids is 3.